The first-order valence-corrected chi connectivity index (χ1v) is 7.85. The molecule has 19 heavy (non-hydrogen) atoms. The number of hydrogen-bond acceptors (Lipinski definition) is 4. The van der Waals surface area contributed by atoms with Gasteiger partial charge < -0.3 is 9.84 Å². The minimum atomic E-state index is 0.212. The third-order valence-corrected chi connectivity index (χ3v) is 5.43. The summed E-state index contributed by atoms with van der Waals surface area (Å²) in [7, 11) is 0. The molecule has 4 rings (SSSR count). The minimum absolute atomic E-state index is 0.212. The van der Waals surface area contributed by atoms with Crippen molar-refractivity contribution in [3.8, 4) is 0 Å². The van der Waals surface area contributed by atoms with Crippen LogP contribution in [0, 0.1) is 5.92 Å². The number of aromatic nitrogens is 2. The van der Waals surface area contributed by atoms with Crippen LogP contribution < -0.4 is 5.32 Å². The van der Waals surface area contributed by atoms with Crippen LogP contribution in [0.1, 0.15) is 76.0 Å². The summed E-state index contributed by atoms with van der Waals surface area (Å²) in [5, 5.41) is 7.96. The monoisotopic (exact) mass is 261 g/mol. The van der Waals surface area contributed by atoms with Crippen LogP contribution in [0.5, 0.6) is 0 Å². The minimum Gasteiger partial charge on any atom is -0.338 e. The van der Waals surface area contributed by atoms with Gasteiger partial charge >= 0.3 is 0 Å². The van der Waals surface area contributed by atoms with Crippen LogP contribution in [-0.4, -0.2) is 16.2 Å². The summed E-state index contributed by atoms with van der Waals surface area (Å²) >= 11 is 0. The van der Waals surface area contributed by atoms with Crippen LogP contribution in [0.3, 0.4) is 0 Å². The first-order valence-electron chi connectivity index (χ1n) is 7.85. The van der Waals surface area contributed by atoms with Crippen LogP contribution in [0.4, 0.5) is 0 Å². The number of nitrogens with one attached hydrogen (secondary N) is 1. The van der Waals surface area contributed by atoms with Gasteiger partial charge in [-0.25, -0.2) is 0 Å². The van der Waals surface area contributed by atoms with Crippen molar-refractivity contribution >= 4 is 0 Å². The van der Waals surface area contributed by atoms with Gasteiger partial charge in [-0.3, -0.25) is 0 Å². The van der Waals surface area contributed by atoms with E-state index in [2.05, 4.69) is 22.4 Å². The maximum absolute atomic E-state index is 5.53. The van der Waals surface area contributed by atoms with Crippen molar-refractivity contribution in [2.45, 2.75) is 75.8 Å². The van der Waals surface area contributed by atoms with Gasteiger partial charge in [-0.05, 0) is 44.4 Å². The molecule has 3 fully saturated rings. The van der Waals surface area contributed by atoms with Crippen molar-refractivity contribution in [2.75, 3.05) is 0 Å². The van der Waals surface area contributed by atoms with Gasteiger partial charge in [0.25, 0.3) is 0 Å². The molecule has 3 unspecified atom stereocenters. The largest absolute Gasteiger partial charge is 0.338 e. The Morgan fingerprint density at radius 1 is 1.16 bits per heavy atom. The van der Waals surface area contributed by atoms with Crippen molar-refractivity contribution in [2.24, 2.45) is 5.92 Å². The third kappa shape index (κ3) is 2.10. The maximum atomic E-state index is 5.53. The molecule has 1 aromatic rings. The zero-order valence-electron chi connectivity index (χ0n) is 11.7. The average molecular weight is 261 g/mol. The lowest BCUT2D eigenvalue weighted by Gasteiger charge is -2.39. The summed E-state index contributed by atoms with van der Waals surface area (Å²) in [6.07, 6.45) is 10.4. The molecule has 3 atom stereocenters. The van der Waals surface area contributed by atoms with Gasteiger partial charge in [0, 0.05) is 11.5 Å². The maximum Gasteiger partial charge on any atom is 0.243 e. The fourth-order valence-corrected chi connectivity index (χ4v) is 3.72. The van der Waals surface area contributed by atoms with E-state index in [0.29, 0.717) is 12.1 Å². The Labute approximate surface area is 114 Å². The lowest BCUT2D eigenvalue weighted by atomic mass is 9.78. The highest BCUT2D eigenvalue weighted by molar-refractivity contribution is 5.15. The first-order chi connectivity index (χ1) is 9.24. The summed E-state index contributed by atoms with van der Waals surface area (Å²) in [5.74, 6) is 2.63. The Morgan fingerprint density at radius 3 is 2.84 bits per heavy atom. The second-order valence-electron chi connectivity index (χ2n) is 6.96. The SMILES string of the molecule is CC1(c2noc(C3CCC4CCCCC4N3)n2)CC1. The zero-order valence-corrected chi connectivity index (χ0v) is 11.7. The molecule has 2 saturated carbocycles. The smallest absolute Gasteiger partial charge is 0.243 e. The molecule has 4 nitrogen and oxygen atoms in total. The molecular formula is C15H23N3O. The molecule has 1 aromatic heterocycles. The van der Waals surface area contributed by atoms with E-state index >= 15 is 0 Å². The van der Waals surface area contributed by atoms with Gasteiger partial charge in [-0.15, -0.1) is 0 Å². The number of rotatable bonds is 2. The molecule has 0 bridgehead atoms. The zero-order chi connectivity index (χ0) is 12.9. The summed E-state index contributed by atoms with van der Waals surface area (Å²) in [5.41, 5.74) is 0.212. The molecule has 0 aromatic carbocycles. The van der Waals surface area contributed by atoms with Gasteiger partial charge in [0.15, 0.2) is 5.82 Å². The second kappa shape index (κ2) is 4.30. The van der Waals surface area contributed by atoms with E-state index < -0.39 is 0 Å². The number of piperidine rings is 1. The van der Waals surface area contributed by atoms with E-state index in [9.17, 15) is 0 Å². The van der Waals surface area contributed by atoms with E-state index in [1.54, 1.807) is 0 Å². The van der Waals surface area contributed by atoms with Crippen molar-refractivity contribution in [3.05, 3.63) is 11.7 Å². The average Bonchev–Trinajstić information content (AvgIpc) is 3.02. The van der Waals surface area contributed by atoms with E-state index in [1.807, 2.05) is 0 Å². The van der Waals surface area contributed by atoms with Crippen molar-refractivity contribution in [1.82, 2.24) is 15.5 Å². The van der Waals surface area contributed by atoms with Crippen molar-refractivity contribution in [1.29, 1.82) is 0 Å². The summed E-state index contributed by atoms with van der Waals surface area (Å²) in [6.45, 7) is 2.23. The van der Waals surface area contributed by atoms with Gasteiger partial charge in [-0.1, -0.05) is 24.9 Å². The Balaban J connectivity index is 1.48. The summed E-state index contributed by atoms with van der Waals surface area (Å²) in [6, 6.07) is 0.974. The molecule has 0 amide bonds. The van der Waals surface area contributed by atoms with E-state index in [1.165, 1.54) is 44.9 Å². The normalized spacial score (nSPS) is 36.8. The van der Waals surface area contributed by atoms with Crippen LogP contribution in [-0.2, 0) is 5.41 Å². The van der Waals surface area contributed by atoms with Crippen LogP contribution in [0.2, 0.25) is 0 Å². The lowest BCUT2D eigenvalue weighted by molar-refractivity contribution is 0.158. The highest BCUT2D eigenvalue weighted by atomic mass is 16.5. The Hall–Kier alpha value is -0.900. The Bertz CT molecular complexity index is 466. The van der Waals surface area contributed by atoms with Gasteiger partial charge in [-0.2, -0.15) is 4.98 Å². The van der Waals surface area contributed by atoms with E-state index in [0.717, 1.165) is 24.1 Å². The highest BCUT2D eigenvalue weighted by Gasteiger charge is 2.44. The third-order valence-electron chi connectivity index (χ3n) is 5.43. The van der Waals surface area contributed by atoms with E-state index in [-0.39, 0.29) is 5.41 Å². The standard InChI is InChI=1S/C15H23N3O/c1-15(8-9-15)14-17-13(19-18-14)12-7-6-10-4-2-3-5-11(10)16-12/h10-12,16H,2-9H2,1H3. The fraction of sp³-hybridized carbons (Fsp3) is 0.867. The van der Waals surface area contributed by atoms with Gasteiger partial charge in [0.2, 0.25) is 5.89 Å². The van der Waals surface area contributed by atoms with Crippen molar-refractivity contribution < 1.29 is 4.52 Å². The molecule has 0 radical (unpaired) electrons. The molecular weight excluding hydrogens is 238 g/mol. The fourth-order valence-electron chi connectivity index (χ4n) is 3.72. The molecule has 1 N–H and O–H groups in total. The number of fused-ring (bicyclic) bond motifs is 1. The summed E-state index contributed by atoms with van der Waals surface area (Å²) in [4.78, 5) is 4.67. The van der Waals surface area contributed by atoms with Crippen LogP contribution in [0.25, 0.3) is 0 Å². The first kappa shape index (κ1) is 11.9. The van der Waals surface area contributed by atoms with Crippen LogP contribution in [0.15, 0.2) is 4.52 Å². The molecule has 1 aliphatic heterocycles. The molecule has 0 spiro atoms. The topological polar surface area (TPSA) is 51.0 Å². The molecule has 2 aliphatic carbocycles. The highest BCUT2D eigenvalue weighted by Crippen LogP contribution is 2.46. The van der Waals surface area contributed by atoms with Crippen molar-refractivity contribution in [3.63, 3.8) is 0 Å². The molecule has 104 valence electrons. The van der Waals surface area contributed by atoms with Crippen LogP contribution >= 0.6 is 0 Å². The predicted molar refractivity (Wildman–Crippen MR) is 71.7 cm³/mol. The second-order valence-corrected chi connectivity index (χ2v) is 6.96. The summed E-state index contributed by atoms with van der Waals surface area (Å²) < 4.78 is 5.53. The van der Waals surface area contributed by atoms with Gasteiger partial charge in [0.1, 0.15) is 0 Å². The number of nitrogens with zero attached hydrogens (tertiary/aromatic N) is 2. The molecule has 3 aliphatic rings. The quantitative estimate of drug-likeness (QED) is 0.888. The number of hydrogen-bond donors (Lipinski definition) is 1. The van der Waals surface area contributed by atoms with E-state index in [4.69, 9.17) is 4.52 Å². The van der Waals surface area contributed by atoms with Gasteiger partial charge in [0.05, 0.1) is 6.04 Å². The lowest BCUT2D eigenvalue weighted by Crippen LogP contribution is -2.44. The molecule has 4 heteroatoms. The molecule has 2 heterocycles. The predicted octanol–water partition coefficient (Wildman–Crippen LogP) is 3.10. The molecule has 1 saturated heterocycles. The Kier molecular flexibility index (Phi) is 2.69. The Morgan fingerprint density at radius 2 is 2.00 bits per heavy atom.